The number of halogens is 2. The van der Waals surface area contributed by atoms with Gasteiger partial charge in [0, 0.05) is 5.56 Å². The van der Waals surface area contributed by atoms with Gasteiger partial charge in [-0.1, -0.05) is 31.2 Å². The number of hydrogen-bond donors (Lipinski definition) is 1. The highest BCUT2D eigenvalue weighted by atomic mass is 19.3. The number of ether oxygens (including phenoxy) is 2. The van der Waals surface area contributed by atoms with Crippen LogP contribution in [0.5, 0.6) is 5.75 Å². The standard InChI is InChI=1S/C19H21F2NO3/c1-4-14-6-8-17(13(3)10-14)24-11-15-7-5-12(2)9-16(15)22-19(23)25-18(20)21/h5-10,18H,4,11H2,1-3H3,(H,22,23). The molecule has 4 nitrogen and oxygen atoms in total. The van der Waals surface area contributed by atoms with Gasteiger partial charge in [0.1, 0.15) is 12.4 Å². The Labute approximate surface area is 145 Å². The second kappa shape index (κ2) is 8.46. The average molecular weight is 349 g/mol. The highest BCUT2D eigenvalue weighted by Crippen LogP contribution is 2.24. The molecular formula is C19H21F2NO3. The lowest BCUT2D eigenvalue weighted by molar-refractivity contribution is -0.0766. The maximum Gasteiger partial charge on any atom is 0.416 e. The summed E-state index contributed by atoms with van der Waals surface area (Å²) < 4.78 is 33.9. The van der Waals surface area contributed by atoms with Crippen LogP contribution in [-0.2, 0) is 17.8 Å². The van der Waals surface area contributed by atoms with E-state index in [1.165, 1.54) is 5.56 Å². The lowest BCUT2D eigenvalue weighted by Gasteiger charge is -2.14. The van der Waals surface area contributed by atoms with Crippen LogP contribution in [0, 0.1) is 13.8 Å². The molecule has 2 rings (SSSR count). The minimum Gasteiger partial charge on any atom is -0.489 e. The minimum absolute atomic E-state index is 0.191. The summed E-state index contributed by atoms with van der Waals surface area (Å²) in [5.74, 6) is 0.735. The second-order valence-electron chi connectivity index (χ2n) is 5.69. The first kappa shape index (κ1) is 18.7. The molecule has 6 heteroatoms. The average Bonchev–Trinajstić information content (AvgIpc) is 2.54. The Balaban J connectivity index is 2.12. The first-order valence-electron chi connectivity index (χ1n) is 7.96. The van der Waals surface area contributed by atoms with Gasteiger partial charge in [0.15, 0.2) is 0 Å². The fraction of sp³-hybridized carbons (Fsp3) is 0.316. The summed E-state index contributed by atoms with van der Waals surface area (Å²) in [4.78, 5) is 11.4. The molecule has 0 aromatic heterocycles. The zero-order chi connectivity index (χ0) is 18.4. The van der Waals surface area contributed by atoms with E-state index in [9.17, 15) is 13.6 Å². The molecule has 0 fully saturated rings. The Bertz CT molecular complexity index is 747. The van der Waals surface area contributed by atoms with Crippen molar-refractivity contribution in [1.29, 1.82) is 0 Å². The third kappa shape index (κ3) is 5.45. The Hall–Kier alpha value is -2.63. The number of anilines is 1. The smallest absolute Gasteiger partial charge is 0.416 e. The van der Waals surface area contributed by atoms with Crippen LogP contribution in [0.1, 0.15) is 29.2 Å². The predicted octanol–water partition coefficient (Wildman–Crippen LogP) is 5.22. The number of hydrogen-bond acceptors (Lipinski definition) is 3. The Morgan fingerprint density at radius 2 is 1.92 bits per heavy atom. The lowest BCUT2D eigenvalue weighted by atomic mass is 10.1. The topological polar surface area (TPSA) is 47.6 Å². The summed E-state index contributed by atoms with van der Waals surface area (Å²) in [5.41, 5.74) is 4.15. The van der Waals surface area contributed by atoms with E-state index in [2.05, 4.69) is 23.0 Å². The van der Waals surface area contributed by atoms with E-state index in [1.807, 2.05) is 32.0 Å². The van der Waals surface area contributed by atoms with Crippen LogP contribution in [0.3, 0.4) is 0 Å². The highest BCUT2D eigenvalue weighted by molar-refractivity contribution is 5.85. The van der Waals surface area contributed by atoms with Crippen molar-refractivity contribution in [2.45, 2.75) is 40.4 Å². The van der Waals surface area contributed by atoms with Crippen molar-refractivity contribution >= 4 is 11.8 Å². The number of carbonyl (C=O) groups excluding carboxylic acids is 1. The number of carbonyl (C=O) groups is 1. The molecule has 1 amide bonds. The van der Waals surface area contributed by atoms with Crippen LogP contribution in [0.4, 0.5) is 19.3 Å². The van der Waals surface area contributed by atoms with Crippen LogP contribution in [0.25, 0.3) is 0 Å². The molecule has 0 saturated carbocycles. The molecule has 0 atom stereocenters. The Kier molecular flexibility index (Phi) is 6.33. The number of aryl methyl sites for hydroxylation is 3. The van der Waals surface area contributed by atoms with E-state index in [1.54, 1.807) is 12.1 Å². The van der Waals surface area contributed by atoms with Crippen LogP contribution in [0.15, 0.2) is 36.4 Å². The fourth-order valence-corrected chi connectivity index (χ4v) is 2.40. The molecule has 0 spiro atoms. The summed E-state index contributed by atoms with van der Waals surface area (Å²) in [5, 5.41) is 2.33. The van der Waals surface area contributed by atoms with Gasteiger partial charge in [0.05, 0.1) is 5.69 Å². The van der Waals surface area contributed by atoms with Crippen LogP contribution >= 0.6 is 0 Å². The van der Waals surface area contributed by atoms with E-state index >= 15 is 0 Å². The summed E-state index contributed by atoms with van der Waals surface area (Å²) in [6.07, 6.45) is -0.260. The van der Waals surface area contributed by atoms with Crippen molar-refractivity contribution in [2.24, 2.45) is 0 Å². The number of nitrogens with one attached hydrogen (secondary N) is 1. The Morgan fingerprint density at radius 3 is 2.56 bits per heavy atom. The monoisotopic (exact) mass is 349 g/mol. The second-order valence-corrected chi connectivity index (χ2v) is 5.69. The number of benzene rings is 2. The number of amides is 1. The minimum atomic E-state index is -3.16. The molecule has 1 N–H and O–H groups in total. The van der Waals surface area contributed by atoms with E-state index in [4.69, 9.17) is 4.74 Å². The molecule has 0 saturated heterocycles. The Morgan fingerprint density at radius 1 is 1.16 bits per heavy atom. The van der Waals surface area contributed by atoms with E-state index < -0.39 is 12.7 Å². The molecule has 0 aliphatic rings. The number of rotatable bonds is 6. The van der Waals surface area contributed by atoms with Gasteiger partial charge < -0.3 is 9.47 Å². The SMILES string of the molecule is CCc1ccc(OCc2ccc(C)cc2NC(=O)OC(F)F)c(C)c1. The molecule has 25 heavy (non-hydrogen) atoms. The van der Waals surface area contributed by atoms with Gasteiger partial charge in [-0.25, -0.2) is 4.79 Å². The van der Waals surface area contributed by atoms with Crippen molar-refractivity contribution < 1.29 is 23.0 Å². The van der Waals surface area contributed by atoms with Crippen LogP contribution in [0.2, 0.25) is 0 Å². The molecule has 0 bridgehead atoms. The zero-order valence-corrected chi connectivity index (χ0v) is 14.4. The van der Waals surface area contributed by atoms with Gasteiger partial charge in [0.25, 0.3) is 0 Å². The predicted molar refractivity (Wildman–Crippen MR) is 92.2 cm³/mol. The molecule has 0 aliphatic carbocycles. The maximum absolute atomic E-state index is 12.1. The summed E-state index contributed by atoms with van der Waals surface area (Å²) in [6.45, 7) is 2.91. The molecule has 134 valence electrons. The molecular weight excluding hydrogens is 328 g/mol. The van der Waals surface area contributed by atoms with E-state index in [0.29, 0.717) is 11.3 Å². The molecule has 0 unspecified atom stereocenters. The van der Waals surface area contributed by atoms with Gasteiger partial charge >= 0.3 is 12.7 Å². The quantitative estimate of drug-likeness (QED) is 0.778. The highest BCUT2D eigenvalue weighted by Gasteiger charge is 2.13. The first-order valence-corrected chi connectivity index (χ1v) is 7.96. The molecule has 2 aromatic rings. The third-order valence-corrected chi connectivity index (χ3v) is 3.73. The largest absolute Gasteiger partial charge is 0.489 e. The van der Waals surface area contributed by atoms with Gasteiger partial charge in [-0.3, -0.25) is 5.32 Å². The van der Waals surface area contributed by atoms with Crippen molar-refractivity contribution in [3.63, 3.8) is 0 Å². The normalized spacial score (nSPS) is 10.6. The molecule has 0 heterocycles. The summed E-state index contributed by atoms with van der Waals surface area (Å²) >= 11 is 0. The van der Waals surface area contributed by atoms with Crippen molar-refractivity contribution in [3.05, 3.63) is 58.7 Å². The van der Waals surface area contributed by atoms with Gasteiger partial charge in [0.2, 0.25) is 0 Å². The maximum atomic E-state index is 12.1. The third-order valence-electron chi connectivity index (χ3n) is 3.73. The lowest BCUT2D eigenvalue weighted by Crippen LogP contribution is -2.18. The van der Waals surface area contributed by atoms with Gasteiger partial charge in [-0.15, -0.1) is 0 Å². The molecule has 0 aliphatic heterocycles. The van der Waals surface area contributed by atoms with Gasteiger partial charge in [-0.05, 0) is 49.1 Å². The zero-order valence-electron chi connectivity index (χ0n) is 14.4. The van der Waals surface area contributed by atoms with E-state index in [0.717, 1.165) is 23.3 Å². The fourth-order valence-electron chi connectivity index (χ4n) is 2.40. The molecule has 2 aromatic carbocycles. The first-order chi connectivity index (χ1) is 11.9. The van der Waals surface area contributed by atoms with Crippen LogP contribution in [-0.4, -0.2) is 12.7 Å². The van der Waals surface area contributed by atoms with Crippen molar-refractivity contribution in [2.75, 3.05) is 5.32 Å². The van der Waals surface area contributed by atoms with Crippen LogP contribution < -0.4 is 10.1 Å². The number of alkyl halides is 2. The van der Waals surface area contributed by atoms with E-state index in [-0.39, 0.29) is 6.61 Å². The van der Waals surface area contributed by atoms with Gasteiger partial charge in [-0.2, -0.15) is 8.78 Å². The summed E-state index contributed by atoms with van der Waals surface area (Å²) in [7, 11) is 0. The van der Waals surface area contributed by atoms with Crippen molar-refractivity contribution in [3.8, 4) is 5.75 Å². The summed E-state index contributed by atoms with van der Waals surface area (Å²) in [6, 6.07) is 11.3. The van der Waals surface area contributed by atoms with Crippen molar-refractivity contribution in [1.82, 2.24) is 0 Å². The molecule has 0 radical (unpaired) electrons.